The van der Waals surface area contributed by atoms with E-state index in [1.54, 1.807) is 14.2 Å². The van der Waals surface area contributed by atoms with Crippen LogP contribution in [0.15, 0.2) is 46.9 Å². The normalized spacial score (nSPS) is 12.0. The van der Waals surface area contributed by atoms with Crippen LogP contribution in [0.2, 0.25) is 0 Å². The van der Waals surface area contributed by atoms with Crippen LogP contribution in [0.3, 0.4) is 0 Å². The first-order chi connectivity index (χ1) is 10.2. The van der Waals surface area contributed by atoms with E-state index in [-0.39, 0.29) is 6.04 Å². The average molecular weight is 351 g/mol. The molecule has 0 aliphatic carbocycles. The molecule has 5 heteroatoms. The van der Waals surface area contributed by atoms with E-state index in [0.717, 1.165) is 28.0 Å². The summed E-state index contributed by atoms with van der Waals surface area (Å²) in [5.74, 6) is 7.25. The lowest BCUT2D eigenvalue weighted by Gasteiger charge is -2.20. The summed E-state index contributed by atoms with van der Waals surface area (Å²) in [5.41, 5.74) is 5.05. The number of rotatable bonds is 6. The molecule has 4 nitrogen and oxygen atoms in total. The first-order valence-electron chi connectivity index (χ1n) is 6.60. The van der Waals surface area contributed by atoms with Crippen molar-refractivity contribution in [2.24, 2.45) is 5.84 Å². The predicted octanol–water partition coefficient (Wildman–Crippen LogP) is 3.21. The third kappa shape index (κ3) is 3.97. The molecule has 0 heterocycles. The molecular formula is C16H19BrN2O2. The van der Waals surface area contributed by atoms with E-state index in [2.05, 4.69) is 33.5 Å². The minimum absolute atomic E-state index is 0.0415. The first kappa shape index (κ1) is 15.8. The molecule has 0 bridgehead atoms. The Bertz CT molecular complexity index is 605. The van der Waals surface area contributed by atoms with Gasteiger partial charge in [0, 0.05) is 16.1 Å². The zero-order valence-corrected chi connectivity index (χ0v) is 13.7. The molecule has 2 aromatic carbocycles. The lowest BCUT2D eigenvalue weighted by Crippen LogP contribution is -2.29. The van der Waals surface area contributed by atoms with Crippen LogP contribution in [0.25, 0.3) is 0 Å². The zero-order valence-electron chi connectivity index (χ0n) is 12.1. The number of methoxy groups -OCH3 is 2. The molecule has 1 unspecified atom stereocenters. The van der Waals surface area contributed by atoms with E-state index in [1.165, 1.54) is 5.56 Å². The molecule has 0 saturated heterocycles. The van der Waals surface area contributed by atoms with Gasteiger partial charge in [0.1, 0.15) is 11.5 Å². The summed E-state index contributed by atoms with van der Waals surface area (Å²) in [6, 6.07) is 13.9. The molecule has 0 spiro atoms. The quantitative estimate of drug-likeness (QED) is 0.620. The molecule has 0 saturated carbocycles. The number of benzene rings is 2. The monoisotopic (exact) mass is 350 g/mol. The van der Waals surface area contributed by atoms with Crippen LogP contribution in [0, 0.1) is 0 Å². The Balaban J connectivity index is 2.28. The number of hydrogen-bond acceptors (Lipinski definition) is 4. The third-order valence-electron chi connectivity index (χ3n) is 3.35. The van der Waals surface area contributed by atoms with Gasteiger partial charge in [0.05, 0.1) is 20.3 Å². The Morgan fingerprint density at radius 2 is 1.95 bits per heavy atom. The summed E-state index contributed by atoms with van der Waals surface area (Å²) in [7, 11) is 3.28. The number of ether oxygens (including phenoxy) is 2. The van der Waals surface area contributed by atoms with Gasteiger partial charge >= 0.3 is 0 Å². The van der Waals surface area contributed by atoms with Gasteiger partial charge in [0.15, 0.2) is 0 Å². The second kappa shape index (κ2) is 7.45. The smallest absolute Gasteiger partial charge is 0.127 e. The number of hydrogen-bond donors (Lipinski definition) is 2. The minimum Gasteiger partial charge on any atom is -0.497 e. The molecule has 0 amide bonds. The molecule has 3 N–H and O–H groups in total. The van der Waals surface area contributed by atoms with Gasteiger partial charge in [0.25, 0.3) is 0 Å². The maximum atomic E-state index is 5.74. The van der Waals surface area contributed by atoms with Gasteiger partial charge in [-0.2, -0.15) is 0 Å². The lowest BCUT2D eigenvalue weighted by atomic mass is 9.98. The minimum atomic E-state index is -0.0415. The van der Waals surface area contributed by atoms with Crippen LogP contribution in [0.4, 0.5) is 0 Å². The number of nitrogens with one attached hydrogen (secondary N) is 1. The fourth-order valence-corrected chi connectivity index (χ4v) is 2.71. The van der Waals surface area contributed by atoms with Crippen LogP contribution in [-0.2, 0) is 6.42 Å². The number of halogens is 1. The first-order valence-corrected chi connectivity index (χ1v) is 7.39. The van der Waals surface area contributed by atoms with E-state index < -0.39 is 0 Å². The van der Waals surface area contributed by atoms with Crippen molar-refractivity contribution in [3.05, 3.63) is 58.1 Å². The molecule has 21 heavy (non-hydrogen) atoms. The third-order valence-corrected chi connectivity index (χ3v) is 3.84. The van der Waals surface area contributed by atoms with Crippen molar-refractivity contribution in [3.8, 4) is 11.5 Å². The largest absolute Gasteiger partial charge is 0.497 e. The summed E-state index contributed by atoms with van der Waals surface area (Å²) < 4.78 is 11.7. The fourth-order valence-electron chi connectivity index (χ4n) is 2.26. The summed E-state index contributed by atoms with van der Waals surface area (Å²) in [5, 5.41) is 0. The summed E-state index contributed by atoms with van der Waals surface area (Å²) >= 11 is 3.48. The van der Waals surface area contributed by atoms with Crippen molar-refractivity contribution in [2.45, 2.75) is 12.5 Å². The second-order valence-corrected chi connectivity index (χ2v) is 5.58. The van der Waals surface area contributed by atoms with Crippen LogP contribution >= 0.6 is 15.9 Å². The van der Waals surface area contributed by atoms with Gasteiger partial charge in [-0.3, -0.25) is 11.3 Å². The van der Waals surface area contributed by atoms with Crippen molar-refractivity contribution in [2.75, 3.05) is 14.2 Å². The molecule has 2 aromatic rings. The van der Waals surface area contributed by atoms with Crippen LogP contribution < -0.4 is 20.7 Å². The van der Waals surface area contributed by atoms with Gasteiger partial charge in [-0.05, 0) is 30.2 Å². The van der Waals surface area contributed by atoms with Crippen molar-refractivity contribution in [3.63, 3.8) is 0 Å². The van der Waals surface area contributed by atoms with Crippen LogP contribution in [0.5, 0.6) is 11.5 Å². The van der Waals surface area contributed by atoms with Gasteiger partial charge in [-0.1, -0.05) is 34.1 Å². The SMILES string of the molecule is COc1ccc(C(Cc2cccc(Br)c2)NN)c(OC)c1. The van der Waals surface area contributed by atoms with E-state index in [4.69, 9.17) is 15.3 Å². The number of hydrazine groups is 1. The van der Waals surface area contributed by atoms with E-state index in [0.29, 0.717) is 0 Å². The average Bonchev–Trinajstić information content (AvgIpc) is 2.52. The standard InChI is InChI=1S/C16H19BrN2O2/c1-20-13-6-7-14(16(10-13)21-2)15(19-18)9-11-4-3-5-12(17)8-11/h3-8,10,15,19H,9,18H2,1-2H3. The topological polar surface area (TPSA) is 56.5 Å². The predicted molar refractivity (Wildman–Crippen MR) is 87.5 cm³/mol. The highest BCUT2D eigenvalue weighted by Crippen LogP contribution is 2.31. The van der Waals surface area contributed by atoms with Crippen molar-refractivity contribution >= 4 is 15.9 Å². The Hall–Kier alpha value is -1.56. The molecule has 0 aliphatic rings. The summed E-state index contributed by atoms with van der Waals surface area (Å²) in [6.07, 6.45) is 0.763. The molecule has 0 aliphatic heterocycles. The highest BCUT2D eigenvalue weighted by molar-refractivity contribution is 9.10. The fraction of sp³-hybridized carbons (Fsp3) is 0.250. The lowest BCUT2D eigenvalue weighted by molar-refractivity contribution is 0.384. The van der Waals surface area contributed by atoms with Crippen molar-refractivity contribution in [1.29, 1.82) is 0 Å². The Morgan fingerprint density at radius 1 is 1.14 bits per heavy atom. The van der Waals surface area contributed by atoms with Gasteiger partial charge in [0.2, 0.25) is 0 Å². The van der Waals surface area contributed by atoms with Crippen molar-refractivity contribution < 1.29 is 9.47 Å². The van der Waals surface area contributed by atoms with E-state index >= 15 is 0 Å². The maximum absolute atomic E-state index is 5.74. The van der Waals surface area contributed by atoms with Gasteiger partial charge in [-0.15, -0.1) is 0 Å². The molecule has 0 fully saturated rings. The second-order valence-electron chi connectivity index (χ2n) is 4.66. The molecular weight excluding hydrogens is 332 g/mol. The molecule has 0 radical (unpaired) electrons. The Morgan fingerprint density at radius 3 is 2.57 bits per heavy atom. The zero-order chi connectivity index (χ0) is 15.2. The maximum Gasteiger partial charge on any atom is 0.127 e. The van der Waals surface area contributed by atoms with E-state index in [1.807, 2.05) is 30.3 Å². The molecule has 2 rings (SSSR count). The van der Waals surface area contributed by atoms with Crippen molar-refractivity contribution in [1.82, 2.24) is 5.43 Å². The highest BCUT2D eigenvalue weighted by atomic mass is 79.9. The van der Waals surface area contributed by atoms with Gasteiger partial charge < -0.3 is 9.47 Å². The number of nitrogens with two attached hydrogens (primary N) is 1. The summed E-state index contributed by atoms with van der Waals surface area (Å²) in [4.78, 5) is 0. The Labute approximate surface area is 133 Å². The molecule has 112 valence electrons. The summed E-state index contributed by atoms with van der Waals surface area (Å²) in [6.45, 7) is 0. The molecule has 0 aromatic heterocycles. The molecule has 1 atom stereocenters. The van der Waals surface area contributed by atoms with Crippen LogP contribution in [-0.4, -0.2) is 14.2 Å². The van der Waals surface area contributed by atoms with Gasteiger partial charge in [-0.25, -0.2) is 0 Å². The highest BCUT2D eigenvalue weighted by Gasteiger charge is 2.16. The van der Waals surface area contributed by atoms with E-state index in [9.17, 15) is 0 Å². The Kier molecular flexibility index (Phi) is 5.61. The van der Waals surface area contributed by atoms with Crippen LogP contribution in [0.1, 0.15) is 17.2 Å².